The van der Waals surface area contributed by atoms with Crippen LogP contribution in [0.2, 0.25) is 0 Å². The van der Waals surface area contributed by atoms with E-state index in [9.17, 15) is 4.79 Å². The lowest BCUT2D eigenvalue weighted by Gasteiger charge is -2.00. The molecule has 0 saturated heterocycles. The maximum Gasteiger partial charge on any atom is 0.404 e. The fourth-order valence-electron chi connectivity index (χ4n) is 0.938. The molecule has 0 aromatic carbocycles. The highest BCUT2D eigenvalue weighted by Crippen LogP contribution is 1.97. The number of nitrogens with zero attached hydrogens (tertiary/aromatic N) is 2. The summed E-state index contributed by atoms with van der Waals surface area (Å²) in [5.74, 6) is 0. The van der Waals surface area contributed by atoms with Gasteiger partial charge in [0.2, 0.25) is 0 Å². The summed E-state index contributed by atoms with van der Waals surface area (Å²) in [6, 6.07) is 0. The lowest BCUT2D eigenvalue weighted by molar-refractivity contribution is 0.194. The zero-order valence-corrected chi connectivity index (χ0v) is 7.10. The second-order valence-electron chi connectivity index (χ2n) is 2.62. The first-order chi connectivity index (χ1) is 6.18. The fourth-order valence-corrected chi connectivity index (χ4v) is 0.938. The van der Waals surface area contributed by atoms with E-state index in [1.807, 2.05) is 0 Å². The zero-order valence-electron chi connectivity index (χ0n) is 7.10. The van der Waals surface area contributed by atoms with Gasteiger partial charge in [-0.1, -0.05) is 0 Å². The molecule has 0 aliphatic rings. The van der Waals surface area contributed by atoms with Crippen molar-refractivity contribution in [1.29, 1.82) is 0 Å². The predicted octanol–water partition coefficient (Wildman–Crippen LogP) is 0.123. The quantitative estimate of drug-likeness (QED) is 0.579. The average Bonchev–Trinajstić information content (AvgIpc) is 2.45. The summed E-state index contributed by atoms with van der Waals surface area (Å²) >= 11 is 0. The summed E-state index contributed by atoms with van der Waals surface area (Å²) < 4.78 is 1.68. The molecule has 0 unspecified atom stereocenters. The second-order valence-corrected chi connectivity index (χ2v) is 2.62. The van der Waals surface area contributed by atoms with Gasteiger partial charge < -0.3 is 16.2 Å². The molecule has 0 bridgehead atoms. The van der Waals surface area contributed by atoms with Crippen molar-refractivity contribution in [3.63, 3.8) is 0 Å². The molecule has 0 spiro atoms. The number of nitrogen functional groups attached to an aromatic ring is 1. The van der Waals surface area contributed by atoms with Crippen LogP contribution < -0.4 is 11.1 Å². The smallest absolute Gasteiger partial charge is 0.404 e. The Morgan fingerprint density at radius 2 is 2.54 bits per heavy atom. The number of nitrogens with one attached hydrogen (secondary N) is 1. The molecule has 13 heavy (non-hydrogen) atoms. The van der Waals surface area contributed by atoms with Crippen LogP contribution in [0.4, 0.5) is 10.5 Å². The van der Waals surface area contributed by atoms with Gasteiger partial charge in [0.05, 0.1) is 11.9 Å². The van der Waals surface area contributed by atoms with E-state index in [2.05, 4.69) is 10.4 Å². The van der Waals surface area contributed by atoms with E-state index in [-0.39, 0.29) is 0 Å². The summed E-state index contributed by atoms with van der Waals surface area (Å²) in [7, 11) is 0. The summed E-state index contributed by atoms with van der Waals surface area (Å²) in [6.45, 7) is 1.09. The van der Waals surface area contributed by atoms with Gasteiger partial charge in [0.25, 0.3) is 0 Å². The van der Waals surface area contributed by atoms with Gasteiger partial charge in [-0.25, -0.2) is 4.79 Å². The Hall–Kier alpha value is -1.72. The molecular weight excluding hydrogens is 172 g/mol. The minimum atomic E-state index is -1.00. The van der Waals surface area contributed by atoms with Crippen LogP contribution in [0.15, 0.2) is 12.4 Å². The second kappa shape index (κ2) is 4.34. The van der Waals surface area contributed by atoms with Gasteiger partial charge >= 0.3 is 6.09 Å². The van der Waals surface area contributed by atoms with Crippen LogP contribution in [0.1, 0.15) is 6.42 Å². The SMILES string of the molecule is Nc1cnn(CCCNC(=O)O)c1. The third-order valence-electron chi connectivity index (χ3n) is 1.49. The van der Waals surface area contributed by atoms with Gasteiger partial charge in [0.1, 0.15) is 0 Å². The molecule has 1 aromatic rings. The molecule has 0 aliphatic carbocycles. The molecular formula is C7H12N4O2. The lowest BCUT2D eigenvalue weighted by Crippen LogP contribution is -2.22. The Morgan fingerprint density at radius 3 is 3.08 bits per heavy atom. The third kappa shape index (κ3) is 3.46. The highest BCUT2D eigenvalue weighted by atomic mass is 16.4. The molecule has 1 aromatic heterocycles. The van der Waals surface area contributed by atoms with E-state index in [0.29, 0.717) is 25.2 Å². The summed E-state index contributed by atoms with van der Waals surface area (Å²) in [6.07, 6.45) is 2.97. The number of carbonyl (C=O) groups is 1. The maximum absolute atomic E-state index is 10.1. The molecule has 72 valence electrons. The molecule has 4 N–H and O–H groups in total. The summed E-state index contributed by atoms with van der Waals surface area (Å²) in [5.41, 5.74) is 6.05. The topological polar surface area (TPSA) is 93.2 Å². The first-order valence-electron chi connectivity index (χ1n) is 3.93. The Balaban J connectivity index is 2.16. The third-order valence-corrected chi connectivity index (χ3v) is 1.49. The monoisotopic (exact) mass is 184 g/mol. The van der Waals surface area contributed by atoms with Crippen molar-refractivity contribution >= 4 is 11.8 Å². The largest absolute Gasteiger partial charge is 0.465 e. The molecule has 1 heterocycles. The Bertz CT molecular complexity index is 284. The van der Waals surface area contributed by atoms with Crippen LogP contribution >= 0.6 is 0 Å². The van der Waals surface area contributed by atoms with Crippen LogP contribution in [0.25, 0.3) is 0 Å². The lowest BCUT2D eigenvalue weighted by atomic mass is 10.4. The first kappa shape index (κ1) is 9.37. The number of nitrogens with two attached hydrogens (primary N) is 1. The van der Waals surface area contributed by atoms with E-state index in [4.69, 9.17) is 10.8 Å². The number of hydrogen-bond acceptors (Lipinski definition) is 3. The maximum atomic E-state index is 10.1. The van der Waals surface area contributed by atoms with Gasteiger partial charge in [-0.3, -0.25) is 4.68 Å². The van der Waals surface area contributed by atoms with Gasteiger partial charge in [0.15, 0.2) is 0 Å². The van der Waals surface area contributed by atoms with Crippen molar-refractivity contribution < 1.29 is 9.90 Å². The van der Waals surface area contributed by atoms with E-state index in [1.165, 1.54) is 0 Å². The van der Waals surface area contributed by atoms with Crippen LogP contribution in [0, 0.1) is 0 Å². The van der Waals surface area contributed by atoms with Crippen LogP contribution in [0.3, 0.4) is 0 Å². The Morgan fingerprint density at radius 1 is 1.77 bits per heavy atom. The molecule has 6 nitrogen and oxygen atoms in total. The highest BCUT2D eigenvalue weighted by Gasteiger charge is 1.95. The number of carboxylic acid groups (broad SMARTS) is 1. The van der Waals surface area contributed by atoms with Crippen molar-refractivity contribution in [3.8, 4) is 0 Å². The van der Waals surface area contributed by atoms with E-state index in [1.54, 1.807) is 17.1 Å². The zero-order chi connectivity index (χ0) is 9.68. The van der Waals surface area contributed by atoms with E-state index in [0.717, 1.165) is 0 Å². The normalized spacial score (nSPS) is 9.85. The average molecular weight is 184 g/mol. The van der Waals surface area contributed by atoms with Crippen molar-refractivity contribution in [2.24, 2.45) is 0 Å². The van der Waals surface area contributed by atoms with Crippen molar-refractivity contribution in [1.82, 2.24) is 15.1 Å². The van der Waals surface area contributed by atoms with Crippen molar-refractivity contribution in [2.75, 3.05) is 12.3 Å². The summed E-state index contributed by atoms with van der Waals surface area (Å²) in [5, 5.41) is 14.5. The standard InChI is InChI=1S/C7H12N4O2/c8-6-4-10-11(5-6)3-1-2-9-7(12)13/h4-5,9H,1-3,8H2,(H,12,13). The molecule has 6 heteroatoms. The van der Waals surface area contributed by atoms with Gasteiger partial charge in [0, 0.05) is 19.3 Å². The van der Waals surface area contributed by atoms with E-state index < -0.39 is 6.09 Å². The fraction of sp³-hybridized carbons (Fsp3) is 0.429. The molecule has 0 fully saturated rings. The molecule has 1 rings (SSSR count). The van der Waals surface area contributed by atoms with Crippen molar-refractivity contribution in [2.45, 2.75) is 13.0 Å². The Labute approximate surface area is 75.3 Å². The van der Waals surface area contributed by atoms with Crippen LogP contribution in [-0.4, -0.2) is 27.5 Å². The van der Waals surface area contributed by atoms with Gasteiger partial charge in [-0.2, -0.15) is 5.10 Å². The van der Waals surface area contributed by atoms with Gasteiger partial charge in [-0.15, -0.1) is 0 Å². The van der Waals surface area contributed by atoms with Crippen LogP contribution in [-0.2, 0) is 6.54 Å². The molecule has 0 saturated carbocycles. The van der Waals surface area contributed by atoms with Crippen molar-refractivity contribution in [3.05, 3.63) is 12.4 Å². The Kier molecular flexibility index (Phi) is 3.13. The minimum Gasteiger partial charge on any atom is -0.465 e. The number of hydrogen-bond donors (Lipinski definition) is 3. The molecule has 0 radical (unpaired) electrons. The number of aryl methyl sites for hydroxylation is 1. The van der Waals surface area contributed by atoms with Gasteiger partial charge in [-0.05, 0) is 6.42 Å². The molecule has 0 atom stereocenters. The number of anilines is 1. The van der Waals surface area contributed by atoms with Crippen LogP contribution in [0.5, 0.6) is 0 Å². The first-order valence-corrected chi connectivity index (χ1v) is 3.93. The minimum absolute atomic E-state index is 0.426. The summed E-state index contributed by atoms with van der Waals surface area (Å²) in [4.78, 5) is 10.1. The predicted molar refractivity (Wildman–Crippen MR) is 47.3 cm³/mol. The highest BCUT2D eigenvalue weighted by molar-refractivity contribution is 5.64. The van der Waals surface area contributed by atoms with E-state index >= 15 is 0 Å². The number of aromatic nitrogens is 2. The molecule has 1 amide bonds. The number of rotatable bonds is 4. The number of amides is 1. The molecule has 0 aliphatic heterocycles.